The smallest absolute Gasteiger partial charge is 0.189 e. The summed E-state index contributed by atoms with van der Waals surface area (Å²) in [5.74, 6) is 0. The van der Waals surface area contributed by atoms with E-state index in [1.807, 2.05) is 43.0 Å². The standard InChI is InChI=1S/C20H24N4O/c1-14-6-7-17-16(11-14)20(25)12-15(21-17)13-24-9-4-3-5-19(24)18-8-10-23(2)22-18/h6-8,10-12,19H,3-5,9,13H2,1-2H3,(H,21,25)/t19-/m1/s1. The van der Waals surface area contributed by atoms with Crippen molar-refractivity contribution in [3.8, 4) is 0 Å². The van der Waals surface area contributed by atoms with Gasteiger partial charge in [-0.2, -0.15) is 5.10 Å². The van der Waals surface area contributed by atoms with Gasteiger partial charge in [-0.15, -0.1) is 0 Å². The van der Waals surface area contributed by atoms with Gasteiger partial charge in [-0.1, -0.05) is 18.1 Å². The molecule has 1 aromatic carbocycles. The summed E-state index contributed by atoms with van der Waals surface area (Å²) in [6.45, 7) is 3.80. The molecule has 2 aromatic heterocycles. The topological polar surface area (TPSA) is 53.9 Å². The SMILES string of the molecule is Cc1ccc2[nH]c(CN3CCCC[C@@H]3c3ccn(C)n3)cc(=O)c2c1. The molecule has 0 unspecified atom stereocenters. The van der Waals surface area contributed by atoms with Gasteiger partial charge < -0.3 is 4.98 Å². The van der Waals surface area contributed by atoms with E-state index < -0.39 is 0 Å². The molecule has 0 amide bonds. The number of fused-ring (bicyclic) bond motifs is 1. The third-order valence-corrected chi connectivity index (χ3v) is 5.10. The Bertz CT molecular complexity index is 956. The molecule has 25 heavy (non-hydrogen) atoms. The highest BCUT2D eigenvalue weighted by atomic mass is 16.1. The number of nitrogens with zero attached hydrogens (tertiary/aromatic N) is 3. The Morgan fingerprint density at radius 1 is 1.24 bits per heavy atom. The molecule has 0 radical (unpaired) electrons. The van der Waals surface area contributed by atoms with Gasteiger partial charge in [0.2, 0.25) is 0 Å². The van der Waals surface area contributed by atoms with Crippen molar-refractivity contribution < 1.29 is 0 Å². The lowest BCUT2D eigenvalue weighted by atomic mass is 9.99. The first-order valence-electron chi connectivity index (χ1n) is 8.96. The zero-order valence-corrected chi connectivity index (χ0v) is 14.8. The summed E-state index contributed by atoms with van der Waals surface area (Å²) in [5.41, 5.74) is 4.22. The molecule has 1 saturated heterocycles. The minimum Gasteiger partial charge on any atom is -0.357 e. The molecule has 0 aliphatic carbocycles. The number of pyridine rings is 1. The number of hydrogen-bond donors (Lipinski definition) is 1. The van der Waals surface area contributed by atoms with Crippen LogP contribution in [0.15, 0.2) is 41.3 Å². The van der Waals surface area contributed by atoms with E-state index in [4.69, 9.17) is 0 Å². The van der Waals surface area contributed by atoms with E-state index in [2.05, 4.69) is 21.0 Å². The quantitative estimate of drug-likeness (QED) is 0.798. The normalized spacial score (nSPS) is 18.7. The molecule has 1 N–H and O–H groups in total. The molecule has 1 aliphatic rings. The minimum absolute atomic E-state index is 0.0962. The van der Waals surface area contributed by atoms with E-state index in [1.54, 1.807) is 6.07 Å². The number of H-pyrrole nitrogens is 1. The van der Waals surface area contributed by atoms with Gasteiger partial charge >= 0.3 is 0 Å². The number of rotatable bonds is 3. The molecule has 1 atom stereocenters. The Morgan fingerprint density at radius 2 is 2.12 bits per heavy atom. The van der Waals surface area contributed by atoms with Crippen molar-refractivity contribution in [2.45, 2.75) is 38.8 Å². The summed E-state index contributed by atoms with van der Waals surface area (Å²) in [6, 6.07) is 10.2. The largest absolute Gasteiger partial charge is 0.357 e. The summed E-state index contributed by atoms with van der Waals surface area (Å²) in [5, 5.41) is 5.37. The maximum atomic E-state index is 12.5. The third kappa shape index (κ3) is 3.24. The fraction of sp³-hybridized carbons (Fsp3) is 0.400. The predicted molar refractivity (Wildman–Crippen MR) is 99.5 cm³/mol. The molecule has 0 bridgehead atoms. The van der Waals surface area contributed by atoms with Crippen LogP contribution in [0.2, 0.25) is 0 Å². The van der Waals surface area contributed by atoms with Crippen LogP contribution < -0.4 is 5.43 Å². The molecule has 0 saturated carbocycles. The van der Waals surface area contributed by atoms with Crippen molar-refractivity contribution in [2.24, 2.45) is 7.05 Å². The van der Waals surface area contributed by atoms with Crippen LogP contribution in [0.5, 0.6) is 0 Å². The van der Waals surface area contributed by atoms with Gasteiger partial charge in [0.25, 0.3) is 0 Å². The van der Waals surface area contributed by atoms with Crippen molar-refractivity contribution in [3.63, 3.8) is 0 Å². The average molecular weight is 336 g/mol. The molecule has 0 spiro atoms. The first kappa shape index (κ1) is 16.1. The van der Waals surface area contributed by atoms with E-state index in [-0.39, 0.29) is 5.43 Å². The Kier molecular flexibility index (Phi) is 4.17. The van der Waals surface area contributed by atoms with Gasteiger partial charge in [-0.05, 0) is 44.5 Å². The molecule has 5 nitrogen and oxygen atoms in total. The van der Waals surface area contributed by atoms with Crippen molar-refractivity contribution >= 4 is 10.9 Å². The highest BCUT2D eigenvalue weighted by Crippen LogP contribution is 2.30. The third-order valence-electron chi connectivity index (χ3n) is 5.10. The minimum atomic E-state index is 0.0962. The monoisotopic (exact) mass is 336 g/mol. The van der Waals surface area contributed by atoms with Crippen molar-refractivity contribution in [1.29, 1.82) is 0 Å². The Hall–Kier alpha value is -2.40. The first-order valence-corrected chi connectivity index (χ1v) is 8.96. The van der Waals surface area contributed by atoms with Crippen LogP contribution in [-0.4, -0.2) is 26.2 Å². The number of aryl methyl sites for hydroxylation is 2. The number of aromatic nitrogens is 3. The van der Waals surface area contributed by atoms with Crippen molar-refractivity contribution in [1.82, 2.24) is 19.7 Å². The summed E-state index contributed by atoms with van der Waals surface area (Å²) in [7, 11) is 1.96. The summed E-state index contributed by atoms with van der Waals surface area (Å²) in [6.07, 6.45) is 5.54. The number of benzene rings is 1. The second-order valence-corrected chi connectivity index (χ2v) is 7.10. The zero-order chi connectivity index (χ0) is 17.4. The van der Waals surface area contributed by atoms with Crippen molar-refractivity contribution in [3.05, 3.63) is 63.7 Å². The second kappa shape index (κ2) is 6.48. The Morgan fingerprint density at radius 3 is 2.92 bits per heavy atom. The van der Waals surface area contributed by atoms with Crippen LogP contribution in [0.1, 0.15) is 42.3 Å². The summed E-state index contributed by atoms with van der Waals surface area (Å²) >= 11 is 0. The predicted octanol–water partition coefficient (Wildman–Crippen LogP) is 3.30. The fourth-order valence-corrected chi connectivity index (χ4v) is 3.85. The summed E-state index contributed by atoms with van der Waals surface area (Å²) < 4.78 is 1.86. The molecule has 5 heteroatoms. The van der Waals surface area contributed by atoms with Crippen LogP contribution in [0.25, 0.3) is 10.9 Å². The number of likely N-dealkylation sites (tertiary alicyclic amines) is 1. The van der Waals surface area contributed by atoms with Crippen LogP contribution in [-0.2, 0) is 13.6 Å². The van der Waals surface area contributed by atoms with E-state index >= 15 is 0 Å². The molecule has 4 rings (SSSR count). The van der Waals surface area contributed by atoms with Gasteiger partial charge in [0.05, 0.1) is 11.7 Å². The Labute approximate surface area is 147 Å². The van der Waals surface area contributed by atoms with Crippen LogP contribution in [0, 0.1) is 6.92 Å². The number of nitrogens with one attached hydrogen (secondary N) is 1. The summed E-state index contributed by atoms with van der Waals surface area (Å²) in [4.78, 5) is 18.4. The molecule has 3 heterocycles. The van der Waals surface area contributed by atoms with Crippen LogP contribution in [0.3, 0.4) is 0 Å². The van der Waals surface area contributed by atoms with E-state index in [9.17, 15) is 4.79 Å². The van der Waals surface area contributed by atoms with Gasteiger partial charge in [0.1, 0.15) is 0 Å². The number of piperidine rings is 1. The molecule has 3 aromatic rings. The highest BCUT2D eigenvalue weighted by Gasteiger charge is 2.26. The van der Waals surface area contributed by atoms with Crippen LogP contribution in [0.4, 0.5) is 0 Å². The number of hydrogen-bond acceptors (Lipinski definition) is 3. The van der Waals surface area contributed by atoms with E-state index in [0.29, 0.717) is 6.04 Å². The maximum Gasteiger partial charge on any atom is 0.189 e. The fourth-order valence-electron chi connectivity index (χ4n) is 3.85. The highest BCUT2D eigenvalue weighted by molar-refractivity contribution is 5.79. The van der Waals surface area contributed by atoms with Gasteiger partial charge in [-0.25, -0.2) is 0 Å². The lowest BCUT2D eigenvalue weighted by Gasteiger charge is -2.34. The van der Waals surface area contributed by atoms with Crippen LogP contribution >= 0.6 is 0 Å². The van der Waals surface area contributed by atoms with Gasteiger partial charge in [0.15, 0.2) is 5.43 Å². The molecular weight excluding hydrogens is 312 g/mol. The molecule has 1 aliphatic heterocycles. The molecular formula is C20H24N4O. The van der Waals surface area contributed by atoms with Crippen molar-refractivity contribution in [2.75, 3.05) is 6.54 Å². The lowest BCUT2D eigenvalue weighted by Crippen LogP contribution is -2.33. The average Bonchev–Trinajstić information content (AvgIpc) is 3.02. The zero-order valence-electron chi connectivity index (χ0n) is 14.8. The lowest BCUT2D eigenvalue weighted by molar-refractivity contribution is 0.135. The molecule has 130 valence electrons. The van der Waals surface area contributed by atoms with E-state index in [0.717, 1.165) is 47.4 Å². The maximum absolute atomic E-state index is 12.5. The molecule has 1 fully saturated rings. The number of aromatic amines is 1. The Balaban J connectivity index is 1.64. The first-order chi connectivity index (χ1) is 12.1. The van der Waals surface area contributed by atoms with Gasteiger partial charge in [-0.3, -0.25) is 14.4 Å². The van der Waals surface area contributed by atoms with Gasteiger partial charge in [0, 0.05) is 42.5 Å². The second-order valence-electron chi connectivity index (χ2n) is 7.10. The van der Waals surface area contributed by atoms with E-state index in [1.165, 1.54) is 12.8 Å².